The third-order valence-electron chi connectivity index (χ3n) is 6.78. The Morgan fingerprint density at radius 3 is 0.846 bits per heavy atom. The van der Waals surface area contributed by atoms with E-state index in [0.29, 0.717) is 0 Å². The van der Waals surface area contributed by atoms with Crippen LogP contribution in [-0.2, 0) is 0 Å². The van der Waals surface area contributed by atoms with E-state index in [1.54, 1.807) is 0 Å². The first-order valence-electron chi connectivity index (χ1n) is 13.1. The summed E-state index contributed by atoms with van der Waals surface area (Å²) in [5.41, 5.74) is 9.72. The summed E-state index contributed by atoms with van der Waals surface area (Å²) in [6.45, 7) is 0. The highest BCUT2D eigenvalue weighted by molar-refractivity contribution is 6.32. The lowest BCUT2D eigenvalue weighted by Gasteiger charge is -2.26. The standard InChI is InChI=1S/C36H27BN2/c37-30-20-26-36(27-21-30)39(33-14-8-3-9-15-33)35-24-18-29(19-25-35)28-16-22-34(23-17-28)38(31-10-4-1-5-11-31)32-12-6-2-7-13-32/h1-27H. The molecule has 0 fully saturated rings. The predicted molar refractivity (Wildman–Crippen MR) is 167 cm³/mol. The number of hydrogen-bond acceptors (Lipinski definition) is 2. The van der Waals surface area contributed by atoms with E-state index in [1.807, 2.05) is 30.3 Å². The Labute approximate surface area is 231 Å². The lowest BCUT2D eigenvalue weighted by atomic mass is 9.96. The van der Waals surface area contributed by atoms with Gasteiger partial charge >= 0.3 is 0 Å². The van der Waals surface area contributed by atoms with Crippen LogP contribution in [0.1, 0.15) is 0 Å². The fourth-order valence-electron chi connectivity index (χ4n) is 4.85. The molecule has 0 aromatic heterocycles. The molecule has 0 saturated heterocycles. The zero-order valence-corrected chi connectivity index (χ0v) is 21.6. The summed E-state index contributed by atoms with van der Waals surface area (Å²) in [6, 6.07) is 56.8. The summed E-state index contributed by atoms with van der Waals surface area (Å²) < 4.78 is 0. The third kappa shape index (κ3) is 5.34. The van der Waals surface area contributed by atoms with Gasteiger partial charge in [0.05, 0.1) is 0 Å². The first-order chi connectivity index (χ1) is 19.3. The molecule has 0 aliphatic heterocycles. The Balaban J connectivity index is 1.31. The average Bonchev–Trinajstić information content (AvgIpc) is 3.01. The number of rotatable bonds is 7. The number of para-hydroxylation sites is 3. The van der Waals surface area contributed by atoms with Crippen LogP contribution in [0.5, 0.6) is 0 Å². The van der Waals surface area contributed by atoms with Crippen molar-refractivity contribution in [2.24, 2.45) is 0 Å². The fourth-order valence-corrected chi connectivity index (χ4v) is 4.85. The van der Waals surface area contributed by atoms with Crippen molar-refractivity contribution in [3.8, 4) is 11.1 Å². The van der Waals surface area contributed by atoms with Gasteiger partial charge in [-0.15, -0.1) is 0 Å². The van der Waals surface area contributed by atoms with E-state index in [1.165, 1.54) is 11.1 Å². The summed E-state index contributed by atoms with van der Waals surface area (Å²) >= 11 is 0. The lowest BCUT2D eigenvalue weighted by Crippen LogP contribution is -2.11. The van der Waals surface area contributed by atoms with Crippen molar-refractivity contribution in [2.75, 3.05) is 9.80 Å². The van der Waals surface area contributed by atoms with Crippen molar-refractivity contribution in [2.45, 2.75) is 0 Å². The van der Waals surface area contributed by atoms with Crippen molar-refractivity contribution < 1.29 is 0 Å². The van der Waals surface area contributed by atoms with Crippen LogP contribution in [-0.4, -0.2) is 7.85 Å². The van der Waals surface area contributed by atoms with Crippen LogP contribution in [0.2, 0.25) is 0 Å². The number of hydrogen-bond donors (Lipinski definition) is 0. The van der Waals surface area contributed by atoms with Gasteiger partial charge in [-0.3, -0.25) is 0 Å². The van der Waals surface area contributed by atoms with Gasteiger partial charge in [-0.05, 0) is 83.9 Å². The molecule has 0 atom stereocenters. The minimum atomic E-state index is 0.753. The van der Waals surface area contributed by atoms with Gasteiger partial charge in [-0.2, -0.15) is 0 Å². The van der Waals surface area contributed by atoms with Gasteiger partial charge in [0.25, 0.3) is 0 Å². The molecule has 39 heavy (non-hydrogen) atoms. The molecule has 0 amide bonds. The zero-order chi connectivity index (χ0) is 26.4. The highest BCUT2D eigenvalue weighted by Crippen LogP contribution is 2.37. The topological polar surface area (TPSA) is 6.48 Å². The van der Waals surface area contributed by atoms with E-state index in [0.717, 1.165) is 39.6 Å². The number of benzene rings is 6. The fraction of sp³-hybridized carbons (Fsp3) is 0. The Bertz CT molecular complexity index is 1580. The minimum Gasteiger partial charge on any atom is -0.311 e. The van der Waals surface area contributed by atoms with Crippen molar-refractivity contribution in [3.63, 3.8) is 0 Å². The molecule has 0 aliphatic carbocycles. The number of anilines is 6. The van der Waals surface area contributed by atoms with Gasteiger partial charge in [0, 0.05) is 34.1 Å². The summed E-state index contributed by atoms with van der Waals surface area (Å²) in [5.74, 6) is 0. The first-order valence-corrected chi connectivity index (χ1v) is 13.1. The van der Waals surface area contributed by atoms with Crippen LogP contribution < -0.4 is 15.3 Å². The van der Waals surface area contributed by atoms with Gasteiger partial charge in [0.15, 0.2) is 0 Å². The van der Waals surface area contributed by atoms with E-state index < -0.39 is 0 Å². The maximum atomic E-state index is 5.96. The Morgan fingerprint density at radius 1 is 0.282 bits per heavy atom. The van der Waals surface area contributed by atoms with E-state index in [-0.39, 0.29) is 0 Å². The van der Waals surface area contributed by atoms with Crippen molar-refractivity contribution >= 4 is 47.4 Å². The van der Waals surface area contributed by atoms with Crippen LogP contribution in [0.25, 0.3) is 11.1 Å². The van der Waals surface area contributed by atoms with Gasteiger partial charge in [0.2, 0.25) is 0 Å². The zero-order valence-electron chi connectivity index (χ0n) is 21.6. The molecule has 0 bridgehead atoms. The summed E-state index contributed by atoms with van der Waals surface area (Å²) in [7, 11) is 5.96. The monoisotopic (exact) mass is 498 g/mol. The van der Waals surface area contributed by atoms with Gasteiger partial charge < -0.3 is 9.80 Å². The normalized spacial score (nSPS) is 10.7. The minimum absolute atomic E-state index is 0.753. The van der Waals surface area contributed by atoms with Crippen molar-refractivity contribution in [1.29, 1.82) is 0 Å². The van der Waals surface area contributed by atoms with Gasteiger partial charge in [-0.1, -0.05) is 96.5 Å². The maximum absolute atomic E-state index is 5.96. The lowest BCUT2D eigenvalue weighted by molar-refractivity contribution is 1.28. The quantitative estimate of drug-likeness (QED) is 0.203. The Morgan fingerprint density at radius 2 is 0.538 bits per heavy atom. The molecule has 6 rings (SSSR count). The molecule has 6 aromatic carbocycles. The largest absolute Gasteiger partial charge is 0.311 e. The molecule has 0 spiro atoms. The molecule has 184 valence electrons. The molecule has 0 heterocycles. The summed E-state index contributed by atoms with van der Waals surface area (Å²) in [4.78, 5) is 4.52. The molecule has 6 aromatic rings. The smallest absolute Gasteiger partial charge is 0.113 e. The molecular weight excluding hydrogens is 471 g/mol. The van der Waals surface area contributed by atoms with Crippen LogP contribution >= 0.6 is 0 Å². The Hall–Kier alpha value is -5.02. The van der Waals surface area contributed by atoms with E-state index in [4.69, 9.17) is 7.85 Å². The van der Waals surface area contributed by atoms with E-state index in [9.17, 15) is 0 Å². The van der Waals surface area contributed by atoms with E-state index in [2.05, 4.69) is 143 Å². The van der Waals surface area contributed by atoms with Crippen LogP contribution in [0.15, 0.2) is 164 Å². The highest BCUT2D eigenvalue weighted by Gasteiger charge is 2.14. The molecule has 0 saturated carbocycles. The number of nitrogens with zero attached hydrogens (tertiary/aromatic N) is 2. The predicted octanol–water partition coefficient (Wildman–Crippen LogP) is 9.09. The maximum Gasteiger partial charge on any atom is 0.113 e. The molecule has 0 unspecified atom stereocenters. The van der Waals surface area contributed by atoms with Crippen LogP contribution in [0.4, 0.5) is 34.1 Å². The van der Waals surface area contributed by atoms with Crippen molar-refractivity contribution in [1.82, 2.24) is 0 Å². The van der Waals surface area contributed by atoms with Crippen LogP contribution in [0.3, 0.4) is 0 Å². The second-order valence-electron chi connectivity index (χ2n) is 9.36. The first kappa shape index (κ1) is 24.3. The molecule has 0 aliphatic rings. The summed E-state index contributed by atoms with van der Waals surface area (Å²) in [5, 5.41) is 0. The van der Waals surface area contributed by atoms with Gasteiger partial charge in [-0.25, -0.2) is 0 Å². The third-order valence-corrected chi connectivity index (χ3v) is 6.78. The molecule has 2 radical (unpaired) electrons. The summed E-state index contributed by atoms with van der Waals surface area (Å²) in [6.07, 6.45) is 0. The Kier molecular flexibility index (Phi) is 6.96. The van der Waals surface area contributed by atoms with E-state index >= 15 is 0 Å². The molecule has 0 N–H and O–H groups in total. The second kappa shape index (κ2) is 11.2. The SMILES string of the molecule is [B]c1ccc(N(c2ccccc2)c2ccc(-c3ccc(N(c4ccccc4)c4ccccc4)cc3)cc2)cc1. The molecular formula is C36H27BN2. The molecule has 3 heteroatoms. The van der Waals surface area contributed by atoms with Gasteiger partial charge in [0.1, 0.15) is 7.85 Å². The second-order valence-corrected chi connectivity index (χ2v) is 9.36. The average molecular weight is 498 g/mol. The molecule has 2 nitrogen and oxygen atoms in total. The van der Waals surface area contributed by atoms with Crippen LogP contribution in [0, 0.1) is 0 Å². The van der Waals surface area contributed by atoms with Crippen molar-refractivity contribution in [3.05, 3.63) is 164 Å². The highest BCUT2D eigenvalue weighted by atomic mass is 15.1.